The maximum Gasteiger partial charge on any atom is 0.0512 e. The van der Waals surface area contributed by atoms with Gasteiger partial charge in [0.25, 0.3) is 0 Å². The normalized spacial score (nSPS) is 26.5. The highest BCUT2D eigenvalue weighted by Crippen LogP contribution is 2.06. The summed E-state index contributed by atoms with van der Waals surface area (Å²) in [5.74, 6) is 0. The molecule has 3 heteroatoms. The highest BCUT2D eigenvalue weighted by molar-refractivity contribution is 4.78. The first-order chi connectivity index (χ1) is 6.18. The minimum Gasteiger partial charge on any atom is -0.393 e. The number of aliphatic hydroxyl groups excluding tert-OH is 1. The second-order valence-corrected chi connectivity index (χ2v) is 4.19. The molecule has 0 radical (unpaired) electrons. The van der Waals surface area contributed by atoms with Crippen molar-refractivity contribution in [3.63, 3.8) is 0 Å². The number of rotatable bonds is 5. The molecule has 0 aromatic heterocycles. The molecule has 1 fully saturated rings. The SMILES string of the molecule is CC(O)CCCNC1CCN(C)C1. The maximum atomic E-state index is 9.05. The molecule has 0 aliphatic carbocycles. The fourth-order valence-corrected chi connectivity index (χ4v) is 1.81. The summed E-state index contributed by atoms with van der Waals surface area (Å²) in [7, 11) is 2.16. The molecule has 0 aromatic rings. The van der Waals surface area contributed by atoms with E-state index in [9.17, 15) is 0 Å². The van der Waals surface area contributed by atoms with E-state index in [1.54, 1.807) is 0 Å². The molecule has 2 N–H and O–H groups in total. The number of likely N-dealkylation sites (tertiary alicyclic amines) is 1. The van der Waals surface area contributed by atoms with Crippen molar-refractivity contribution in [2.24, 2.45) is 0 Å². The summed E-state index contributed by atoms with van der Waals surface area (Å²) in [6.07, 6.45) is 3.12. The van der Waals surface area contributed by atoms with Gasteiger partial charge in [-0.2, -0.15) is 0 Å². The van der Waals surface area contributed by atoms with E-state index in [-0.39, 0.29) is 6.10 Å². The Kier molecular flexibility index (Phi) is 4.70. The maximum absolute atomic E-state index is 9.05. The van der Waals surface area contributed by atoms with E-state index in [0.717, 1.165) is 19.4 Å². The molecule has 2 unspecified atom stereocenters. The molecule has 1 heterocycles. The Morgan fingerprint density at radius 1 is 1.62 bits per heavy atom. The van der Waals surface area contributed by atoms with Gasteiger partial charge in [-0.3, -0.25) is 0 Å². The summed E-state index contributed by atoms with van der Waals surface area (Å²) in [5, 5.41) is 12.6. The fraction of sp³-hybridized carbons (Fsp3) is 1.00. The van der Waals surface area contributed by atoms with Crippen molar-refractivity contribution in [2.75, 3.05) is 26.7 Å². The Morgan fingerprint density at radius 3 is 2.92 bits per heavy atom. The lowest BCUT2D eigenvalue weighted by Crippen LogP contribution is -2.32. The molecule has 1 rings (SSSR count). The molecule has 1 aliphatic rings. The van der Waals surface area contributed by atoms with Crippen LogP contribution in [0.3, 0.4) is 0 Å². The molecule has 0 amide bonds. The van der Waals surface area contributed by atoms with E-state index < -0.39 is 0 Å². The van der Waals surface area contributed by atoms with Crippen LogP contribution in [0.15, 0.2) is 0 Å². The van der Waals surface area contributed by atoms with E-state index in [1.807, 2.05) is 6.92 Å². The number of hydrogen-bond acceptors (Lipinski definition) is 3. The molecule has 0 saturated carbocycles. The predicted molar refractivity (Wildman–Crippen MR) is 54.8 cm³/mol. The Hall–Kier alpha value is -0.120. The lowest BCUT2D eigenvalue weighted by Gasteiger charge is -2.12. The van der Waals surface area contributed by atoms with Gasteiger partial charge in [-0.1, -0.05) is 0 Å². The number of nitrogens with zero attached hydrogens (tertiary/aromatic N) is 1. The van der Waals surface area contributed by atoms with Crippen LogP contribution in [0.1, 0.15) is 26.2 Å². The second-order valence-electron chi connectivity index (χ2n) is 4.19. The van der Waals surface area contributed by atoms with Gasteiger partial charge in [0.1, 0.15) is 0 Å². The molecule has 2 atom stereocenters. The third-order valence-electron chi connectivity index (χ3n) is 2.62. The molecule has 1 saturated heterocycles. The van der Waals surface area contributed by atoms with Gasteiger partial charge in [0.2, 0.25) is 0 Å². The topological polar surface area (TPSA) is 35.5 Å². The van der Waals surface area contributed by atoms with Crippen molar-refractivity contribution in [3.8, 4) is 0 Å². The Morgan fingerprint density at radius 2 is 2.38 bits per heavy atom. The predicted octanol–water partition coefficient (Wildman–Crippen LogP) is 0.441. The lowest BCUT2D eigenvalue weighted by molar-refractivity contribution is 0.181. The van der Waals surface area contributed by atoms with Crippen LogP contribution in [0.2, 0.25) is 0 Å². The quantitative estimate of drug-likeness (QED) is 0.612. The van der Waals surface area contributed by atoms with Crippen LogP contribution in [-0.4, -0.2) is 48.8 Å². The minimum atomic E-state index is -0.145. The van der Waals surface area contributed by atoms with Crippen LogP contribution in [-0.2, 0) is 0 Å². The van der Waals surface area contributed by atoms with Gasteiger partial charge < -0.3 is 15.3 Å². The molecule has 0 aromatic carbocycles. The molecular weight excluding hydrogens is 164 g/mol. The largest absolute Gasteiger partial charge is 0.393 e. The van der Waals surface area contributed by atoms with Crippen molar-refractivity contribution in [1.29, 1.82) is 0 Å². The Bertz CT molecular complexity index is 139. The van der Waals surface area contributed by atoms with Crippen LogP contribution >= 0.6 is 0 Å². The average Bonchev–Trinajstić information content (AvgIpc) is 2.45. The lowest BCUT2D eigenvalue weighted by atomic mass is 10.2. The first-order valence-electron chi connectivity index (χ1n) is 5.28. The van der Waals surface area contributed by atoms with Crippen LogP contribution in [0.25, 0.3) is 0 Å². The second kappa shape index (κ2) is 5.58. The number of hydrogen-bond donors (Lipinski definition) is 2. The van der Waals surface area contributed by atoms with Crippen molar-refractivity contribution in [1.82, 2.24) is 10.2 Å². The summed E-state index contributed by atoms with van der Waals surface area (Å²) < 4.78 is 0. The van der Waals surface area contributed by atoms with Crippen LogP contribution in [0, 0.1) is 0 Å². The van der Waals surface area contributed by atoms with E-state index in [4.69, 9.17) is 5.11 Å². The van der Waals surface area contributed by atoms with Crippen molar-refractivity contribution < 1.29 is 5.11 Å². The number of nitrogens with one attached hydrogen (secondary N) is 1. The van der Waals surface area contributed by atoms with E-state index in [0.29, 0.717) is 6.04 Å². The van der Waals surface area contributed by atoms with E-state index >= 15 is 0 Å². The van der Waals surface area contributed by atoms with Crippen molar-refractivity contribution >= 4 is 0 Å². The fourth-order valence-electron chi connectivity index (χ4n) is 1.81. The molecular formula is C10H22N2O. The Labute approximate surface area is 81.1 Å². The van der Waals surface area contributed by atoms with Crippen LogP contribution < -0.4 is 5.32 Å². The molecule has 1 aliphatic heterocycles. The number of aliphatic hydroxyl groups is 1. The number of likely N-dealkylation sites (N-methyl/N-ethyl adjacent to an activating group) is 1. The first kappa shape index (κ1) is 11.0. The van der Waals surface area contributed by atoms with Gasteiger partial charge in [-0.05, 0) is 46.3 Å². The summed E-state index contributed by atoms with van der Waals surface area (Å²) >= 11 is 0. The minimum absolute atomic E-state index is 0.145. The molecule has 0 spiro atoms. The zero-order valence-corrected chi connectivity index (χ0v) is 8.79. The monoisotopic (exact) mass is 186 g/mol. The Balaban J connectivity index is 1.94. The van der Waals surface area contributed by atoms with Crippen molar-refractivity contribution in [3.05, 3.63) is 0 Å². The average molecular weight is 186 g/mol. The molecule has 0 bridgehead atoms. The van der Waals surface area contributed by atoms with Gasteiger partial charge in [-0.25, -0.2) is 0 Å². The molecule has 3 nitrogen and oxygen atoms in total. The third-order valence-corrected chi connectivity index (χ3v) is 2.62. The zero-order valence-electron chi connectivity index (χ0n) is 8.79. The van der Waals surface area contributed by atoms with Crippen molar-refractivity contribution in [2.45, 2.75) is 38.3 Å². The van der Waals surface area contributed by atoms with E-state index in [2.05, 4.69) is 17.3 Å². The summed E-state index contributed by atoms with van der Waals surface area (Å²) in [5.41, 5.74) is 0. The highest BCUT2D eigenvalue weighted by Gasteiger charge is 2.17. The zero-order chi connectivity index (χ0) is 9.68. The summed E-state index contributed by atoms with van der Waals surface area (Å²) in [6.45, 7) is 5.29. The van der Waals surface area contributed by atoms with Gasteiger partial charge in [0, 0.05) is 12.6 Å². The third kappa shape index (κ3) is 4.60. The highest BCUT2D eigenvalue weighted by atomic mass is 16.3. The van der Waals surface area contributed by atoms with Gasteiger partial charge in [-0.15, -0.1) is 0 Å². The summed E-state index contributed by atoms with van der Waals surface area (Å²) in [6, 6.07) is 0.680. The van der Waals surface area contributed by atoms with E-state index in [1.165, 1.54) is 19.5 Å². The van der Waals surface area contributed by atoms with Gasteiger partial charge in [0.15, 0.2) is 0 Å². The molecule has 13 heavy (non-hydrogen) atoms. The van der Waals surface area contributed by atoms with Crippen LogP contribution in [0.5, 0.6) is 0 Å². The van der Waals surface area contributed by atoms with Gasteiger partial charge >= 0.3 is 0 Å². The van der Waals surface area contributed by atoms with Crippen LogP contribution in [0.4, 0.5) is 0 Å². The summed E-state index contributed by atoms with van der Waals surface area (Å²) in [4.78, 5) is 2.35. The molecule has 78 valence electrons. The first-order valence-corrected chi connectivity index (χ1v) is 5.28. The van der Waals surface area contributed by atoms with Gasteiger partial charge in [0.05, 0.1) is 6.10 Å². The smallest absolute Gasteiger partial charge is 0.0512 e. The standard InChI is InChI=1S/C10H22N2O/c1-9(13)4-3-6-11-10-5-7-12(2)8-10/h9-11,13H,3-8H2,1-2H3.